The van der Waals surface area contributed by atoms with Crippen LogP contribution in [0, 0.1) is 6.92 Å². The van der Waals surface area contributed by atoms with Crippen molar-refractivity contribution < 1.29 is 4.42 Å². The van der Waals surface area contributed by atoms with Gasteiger partial charge in [-0.3, -0.25) is 0 Å². The summed E-state index contributed by atoms with van der Waals surface area (Å²) in [6, 6.07) is 3.38. The SMILES string of the molecule is Cc1nc2cc(Cl)c(N)cc2o1. The third-order valence-corrected chi connectivity index (χ3v) is 1.94. The molecule has 2 N–H and O–H groups in total. The van der Waals surface area contributed by atoms with Crippen molar-refractivity contribution in [1.29, 1.82) is 0 Å². The summed E-state index contributed by atoms with van der Waals surface area (Å²) >= 11 is 5.79. The van der Waals surface area contributed by atoms with E-state index < -0.39 is 0 Å². The van der Waals surface area contributed by atoms with Gasteiger partial charge in [-0.2, -0.15) is 0 Å². The number of hydrogen-bond acceptors (Lipinski definition) is 3. The standard InChI is InChI=1S/C8H7ClN2O/c1-4-11-7-2-5(9)6(10)3-8(7)12-4/h2-3H,10H2,1H3. The van der Waals surface area contributed by atoms with E-state index in [-0.39, 0.29) is 0 Å². The minimum atomic E-state index is 0.510. The molecular formula is C8H7ClN2O. The Kier molecular flexibility index (Phi) is 1.48. The zero-order valence-corrected chi connectivity index (χ0v) is 7.22. The van der Waals surface area contributed by atoms with Crippen LogP contribution in [0.25, 0.3) is 11.1 Å². The van der Waals surface area contributed by atoms with Gasteiger partial charge in [-0.1, -0.05) is 11.6 Å². The van der Waals surface area contributed by atoms with Crippen LogP contribution in [0.1, 0.15) is 5.89 Å². The second-order valence-electron chi connectivity index (χ2n) is 2.57. The molecule has 3 nitrogen and oxygen atoms in total. The average molecular weight is 183 g/mol. The number of halogens is 1. The highest BCUT2D eigenvalue weighted by molar-refractivity contribution is 6.33. The molecule has 0 unspecified atom stereocenters. The van der Waals surface area contributed by atoms with E-state index in [1.165, 1.54) is 0 Å². The average Bonchev–Trinajstić information content (AvgIpc) is 2.30. The van der Waals surface area contributed by atoms with Crippen LogP contribution < -0.4 is 5.73 Å². The molecule has 0 aliphatic rings. The molecule has 2 rings (SSSR count). The van der Waals surface area contributed by atoms with Crippen molar-refractivity contribution in [2.45, 2.75) is 6.92 Å². The summed E-state index contributed by atoms with van der Waals surface area (Å²) in [5, 5.41) is 0.510. The lowest BCUT2D eigenvalue weighted by molar-refractivity contribution is 0.561. The number of oxazole rings is 1. The molecule has 1 aromatic heterocycles. The van der Waals surface area contributed by atoms with Crippen LogP contribution >= 0.6 is 11.6 Å². The van der Waals surface area contributed by atoms with Gasteiger partial charge in [0.25, 0.3) is 0 Å². The molecule has 0 aliphatic heterocycles. The largest absolute Gasteiger partial charge is 0.441 e. The van der Waals surface area contributed by atoms with Gasteiger partial charge >= 0.3 is 0 Å². The van der Waals surface area contributed by atoms with Crippen LogP contribution in [0.15, 0.2) is 16.5 Å². The van der Waals surface area contributed by atoms with Gasteiger partial charge in [-0.15, -0.1) is 0 Å². The fourth-order valence-corrected chi connectivity index (χ4v) is 1.24. The molecule has 0 aliphatic carbocycles. The highest BCUT2D eigenvalue weighted by atomic mass is 35.5. The molecule has 4 heteroatoms. The number of aromatic nitrogens is 1. The predicted octanol–water partition coefficient (Wildman–Crippen LogP) is 2.37. The lowest BCUT2D eigenvalue weighted by Crippen LogP contribution is -1.84. The van der Waals surface area contributed by atoms with Crippen LogP contribution in [0.4, 0.5) is 5.69 Å². The number of aryl methyl sites for hydroxylation is 1. The lowest BCUT2D eigenvalue weighted by Gasteiger charge is -1.94. The maximum Gasteiger partial charge on any atom is 0.192 e. The molecule has 1 aromatic carbocycles. The number of benzene rings is 1. The number of rotatable bonds is 0. The second kappa shape index (κ2) is 2.38. The van der Waals surface area contributed by atoms with E-state index in [2.05, 4.69) is 4.98 Å². The van der Waals surface area contributed by atoms with Gasteiger partial charge < -0.3 is 10.2 Å². The Morgan fingerprint density at radius 3 is 3.00 bits per heavy atom. The zero-order chi connectivity index (χ0) is 8.72. The molecule has 0 saturated heterocycles. The molecule has 0 saturated carbocycles. The van der Waals surface area contributed by atoms with Gasteiger partial charge in [0, 0.05) is 13.0 Å². The fraction of sp³-hybridized carbons (Fsp3) is 0.125. The number of fused-ring (bicyclic) bond motifs is 1. The fourth-order valence-electron chi connectivity index (χ4n) is 1.08. The molecule has 0 bridgehead atoms. The number of nitrogens with two attached hydrogens (primary N) is 1. The molecule has 1 heterocycles. The number of anilines is 1. The minimum absolute atomic E-state index is 0.510. The third-order valence-electron chi connectivity index (χ3n) is 1.61. The zero-order valence-electron chi connectivity index (χ0n) is 6.47. The van der Waals surface area contributed by atoms with E-state index in [1.54, 1.807) is 19.1 Å². The van der Waals surface area contributed by atoms with Gasteiger partial charge in [0.05, 0.1) is 10.7 Å². The molecule has 0 radical (unpaired) electrons. The molecule has 0 amide bonds. The van der Waals surface area contributed by atoms with Gasteiger partial charge in [0.1, 0.15) is 5.52 Å². The summed E-state index contributed by atoms with van der Waals surface area (Å²) in [6.07, 6.45) is 0. The molecule has 0 fully saturated rings. The molecule has 0 atom stereocenters. The van der Waals surface area contributed by atoms with E-state index in [9.17, 15) is 0 Å². The Morgan fingerprint density at radius 2 is 2.25 bits per heavy atom. The maximum absolute atomic E-state index is 5.79. The van der Waals surface area contributed by atoms with E-state index in [1.807, 2.05) is 0 Å². The quantitative estimate of drug-likeness (QED) is 0.637. The van der Waals surface area contributed by atoms with Crippen molar-refractivity contribution in [2.75, 3.05) is 5.73 Å². The molecular weight excluding hydrogens is 176 g/mol. The summed E-state index contributed by atoms with van der Waals surface area (Å²) in [5.74, 6) is 0.617. The highest BCUT2D eigenvalue weighted by Crippen LogP contribution is 2.25. The van der Waals surface area contributed by atoms with Crippen LogP contribution in [0.3, 0.4) is 0 Å². The summed E-state index contributed by atoms with van der Waals surface area (Å²) in [4.78, 5) is 4.11. The monoisotopic (exact) mass is 182 g/mol. The first-order valence-electron chi connectivity index (χ1n) is 3.49. The third kappa shape index (κ3) is 1.02. The highest BCUT2D eigenvalue weighted by Gasteiger charge is 2.04. The Labute approximate surface area is 74.1 Å². The minimum Gasteiger partial charge on any atom is -0.441 e. The van der Waals surface area contributed by atoms with Crippen LogP contribution in [0.5, 0.6) is 0 Å². The van der Waals surface area contributed by atoms with Gasteiger partial charge in [0.15, 0.2) is 11.5 Å². The van der Waals surface area contributed by atoms with Gasteiger partial charge in [-0.25, -0.2) is 4.98 Å². The Bertz CT molecular complexity index is 397. The Balaban J connectivity index is 2.83. The predicted molar refractivity (Wildman–Crippen MR) is 48.2 cm³/mol. The summed E-state index contributed by atoms with van der Waals surface area (Å²) in [5.41, 5.74) is 7.51. The summed E-state index contributed by atoms with van der Waals surface area (Å²) in [6.45, 7) is 1.78. The van der Waals surface area contributed by atoms with Crippen molar-refractivity contribution in [3.63, 3.8) is 0 Å². The normalized spacial score (nSPS) is 10.8. The smallest absolute Gasteiger partial charge is 0.192 e. The molecule has 0 spiro atoms. The number of hydrogen-bond donors (Lipinski definition) is 1. The van der Waals surface area contributed by atoms with Crippen molar-refractivity contribution in [3.05, 3.63) is 23.0 Å². The van der Waals surface area contributed by atoms with E-state index in [0.29, 0.717) is 22.2 Å². The van der Waals surface area contributed by atoms with E-state index >= 15 is 0 Å². The van der Waals surface area contributed by atoms with Crippen LogP contribution in [0.2, 0.25) is 5.02 Å². The van der Waals surface area contributed by atoms with Crippen LogP contribution in [-0.4, -0.2) is 4.98 Å². The summed E-state index contributed by atoms with van der Waals surface area (Å²) < 4.78 is 5.25. The first-order valence-corrected chi connectivity index (χ1v) is 3.87. The van der Waals surface area contributed by atoms with Crippen molar-refractivity contribution in [3.8, 4) is 0 Å². The molecule has 12 heavy (non-hydrogen) atoms. The maximum atomic E-state index is 5.79. The van der Waals surface area contributed by atoms with E-state index in [0.717, 1.165) is 5.52 Å². The summed E-state index contributed by atoms with van der Waals surface area (Å²) in [7, 11) is 0. The lowest BCUT2D eigenvalue weighted by atomic mass is 10.3. The van der Waals surface area contributed by atoms with Gasteiger partial charge in [-0.05, 0) is 6.07 Å². The Hall–Kier alpha value is -1.22. The number of nitrogens with zero attached hydrogens (tertiary/aromatic N) is 1. The topological polar surface area (TPSA) is 52.0 Å². The molecule has 2 aromatic rings. The van der Waals surface area contributed by atoms with Crippen molar-refractivity contribution in [1.82, 2.24) is 4.98 Å². The second-order valence-corrected chi connectivity index (χ2v) is 2.98. The van der Waals surface area contributed by atoms with Crippen molar-refractivity contribution in [2.24, 2.45) is 0 Å². The number of nitrogen functional groups attached to an aromatic ring is 1. The Morgan fingerprint density at radius 1 is 1.50 bits per heavy atom. The van der Waals surface area contributed by atoms with Crippen molar-refractivity contribution >= 4 is 28.4 Å². The van der Waals surface area contributed by atoms with Gasteiger partial charge in [0.2, 0.25) is 0 Å². The first kappa shape index (κ1) is 7.43. The van der Waals surface area contributed by atoms with E-state index in [4.69, 9.17) is 21.8 Å². The van der Waals surface area contributed by atoms with Crippen LogP contribution in [-0.2, 0) is 0 Å². The first-order chi connectivity index (χ1) is 5.66. The molecule has 62 valence electrons.